The molecule has 1 fully saturated rings. The number of carbonyl (C=O) groups excluding carboxylic acids is 1. The van der Waals surface area contributed by atoms with Gasteiger partial charge in [0.15, 0.2) is 0 Å². The molecule has 2 aromatic rings. The first-order valence-corrected chi connectivity index (χ1v) is 10.8. The van der Waals surface area contributed by atoms with Gasteiger partial charge in [-0.05, 0) is 73.7 Å². The van der Waals surface area contributed by atoms with E-state index in [4.69, 9.17) is 14.2 Å². The fourth-order valence-electron chi connectivity index (χ4n) is 4.18. The van der Waals surface area contributed by atoms with Gasteiger partial charge in [0.05, 0.1) is 31.6 Å². The molecule has 6 nitrogen and oxygen atoms in total. The van der Waals surface area contributed by atoms with Crippen LogP contribution in [0.4, 0.5) is 0 Å². The van der Waals surface area contributed by atoms with Crippen molar-refractivity contribution in [2.75, 3.05) is 13.2 Å². The molecule has 1 aliphatic carbocycles. The lowest BCUT2D eigenvalue weighted by molar-refractivity contribution is -0.144. The maximum atomic E-state index is 11.8. The summed E-state index contributed by atoms with van der Waals surface area (Å²) in [6.45, 7) is 6.59. The summed E-state index contributed by atoms with van der Waals surface area (Å²) in [5.41, 5.74) is 5.71. The van der Waals surface area contributed by atoms with Gasteiger partial charge in [-0.25, -0.2) is 4.98 Å². The molecule has 32 heavy (non-hydrogen) atoms. The number of fused-ring (bicyclic) bond motifs is 1. The molecule has 1 saturated heterocycles. The van der Waals surface area contributed by atoms with Crippen LogP contribution in [-0.4, -0.2) is 29.3 Å². The van der Waals surface area contributed by atoms with E-state index >= 15 is 0 Å². The number of nitrogens with zero attached hydrogens (tertiary/aromatic N) is 1. The zero-order valence-corrected chi connectivity index (χ0v) is 18.6. The quantitative estimate of drug-likeness (QED) is 0.502. The number of carbonyl (C=O) groups is 1. The summed E-state index contributed by atoms with van der Waals surface area (Å²) >= 11 is 0. The SMILES string of the molecule is CCOC(=O)CC1COC2=CC(=COc3cccc(-c4c(C)cc(O)cc4C)n3)CC=C21. The second-order valence-electron chi connectivity index (χ2n) is 8.02. The van der Waals surface area contributed by atoms with Crippen LogP contribution in [0.5, 0.6) is 11.6 Å². The van der Waals surface area contributed by atoms with E-state index in [1.165, 1.54) is 0 Å². The molecule has 0 radical (unpaired) electrons. The standard InChI is InChI=1S/C26H27NO5/c1-4-30-25(29)13-19-15-31-23-12-18(8-9-21(19)23)14-32-24-7-5-6-22(27-24)26-16(2)10-20(28)11-17(26)3/h5-7,9-12,14,19,28H,4,8,13,15H2,1-3H3. The third-order valence-electron chi connectivity index (χ3n) is 5.59. The molecule has 6 heteroatoms. The normalized spacial score (nSPS) is 18.5. The number of hydrogen-bond acceptors (Lipinski definition) is 6. The zero-order chi connectivity index (χ0) is 22.7. The molecule has 1 unspecified atom stereocenters. The van der Waals surface area contributed by atoms with E-state index in [0.29, 0.717) is 31.9 Å². The lowest BCUT2D eigenvalue weighted by atomic mass is 9.91. The van der Waals surface area contributed by atoms with Crippen LogP contribution >= 0.6 is 0 Å². The average molecular weight is 434 g/mol. The molecule has 1 aliphatic heterocycles. The maximum absolute atomic E-state index is 11.8. The van der Waals surface area contributed by atoms with Crippen molar-refractivity contribution in [2.24, 2.45) is 5.92 Å². The van der Waals surface area contributed by atoms with E-state index in [2.05, 4.69) is 11.1 Å². The van der Waals surface area contributed by atoms with Gasteiger partial charge < -0.3 is 19.3 Å². The van der Waals surface area contributed by atoms with Gasteiger partial charge in [-0.1, -0.05) is 12.1 Å². The average Bonchev–Trinajstić information content (AvgIpc) is 3.14. The minimum absolute atomic E-state index is 0.0397. The molecule has 166 valence electrons. The Kier molecular flexibility index (Phi) is 6.30. The first-order valence-electron chi connectivity index (χ1n) is 10.8. The number of allylic oxidation sites excluding steroid dienone is 4. The number of aryl methyl sites for hydroxylation is 2. The van der Waals surface area contributed by atoms with Crippen LogP contribution in [0.25, 0.3) is 11.3 Å². The first-order chi connectivity index (χ1) is 15.4. The van der Waals surface area contributed by atoms with Gasteiger partial charge >= 0.3 is 5.97 Å². The van der Waals surface area contributed by atoms with Crippen molar-refractivity contribution < 1.29 is 24.1 Å². The van der Waals surface area contributed by atoms with Crippen LogP contribution < -0.4 is 4.74 Å². The van der Waals surface area contributed by atoms with Crippen LogP contribution in [0.15, 0.2) is 65.7 Å². The van der Waals surface area contributed by atoms with Crippen LogP contribution in [-0.2, 0) is 14.3 Å². The van der Waals surface area contributed by atoms with E-state index in [1.54, 1.807) is 18.4 Å². The largest absolute Gasteiger partial charge is 0.508 e. The van der Waals surface area contributed by atoms with Gasteiger partial charge in [0.25, 0.3) is 0 Å². The van der Waals surface area contributed by atoms with E-state index in [9.17, 15) is 9.90 Å². The van der Waals surface area contributed by atoms with Crippen molar-refractivity contribution >= 4 is 5.97 Å². The lowest BCUT2D eigenvalue weighted by Gasteiger charge is -2.13. The Balaban J connectivity index is 1.46. The third-order valence-corrected chi connectivity index (χ3v) is 5.59. The fourth-order valence-corrected chi connectivity index (χ4v) is 4.18. The van der Waals surface area contributed by atoms with Crippen LogP contribution in [0.1, 0.15) is 30.9 Å². The number of ether oxygens (including phenoxy) is 3. The summed E-state index contributed by atoms with van der Waals surface area (Å²) in [7, 11) is 0. The molecule has 0 bridgehead atoms. The summed E-state index contributed by atoms with van der Waals surface area (Å²) in [6.07, 6.45) is 6.76. The molecule has 1 aromatic heterocycles. The second kappa shape index (κ2) is 9.30. The number of esters is 1. The van der Waals surface area contributed by atoms with Crippen molar-refractivity contribution in [3.05, 3.63) is 76.8 Å². The molecule has 1 aromatic carbocycles. The molecule has 1 N–H and O–H groups in total. The fraction of sp³-hybridized carbons (Fsp3) is 0.308. The Morgan fingerprint density at radius 1 is 1.28 bits per heavy atom. The van der Waals surface area contributed by atoms with Gasteiger partial charge in [0.2, 0.25) is 5.88 Å². The van der Waals surface area contributed by atoms with Gasteiger partial charge in [-0.2, -0.15) is 0 Å². The number of benzene rings is 1. The summed E-state index contributed by atoms with van der Waals surface area (Å²) in [6, 6.07) is 9.10. The molecule has 4 rings (SSSR count). The zero-order valence-electron chi connectivity index (χ0n) is 18.6. The number of rotatable bonds is 6. The Labute approximate surface area is 187 Å². The molecule has 1 atom stereocenters. The predicted octanol–water partition coefficient (Wildman–Crippen LogP) is 5.15. The minimum atomic E-state index is -0.196. The van der Waals surface area contributed by atoms with Gasteiger partial charge in [-0.15, -0.1) is 0 Å². The molecular formula is C26H27NO5. The summed E-state index contributed by atoms with van der Waals surface area (Å²) in [5.74, 6) is 1.37. The maximum Gasteiger partial charge on any atom is 0.306 e. The Bertz CT molecular complexity index is 1110. The van der Waals surface area contributed by atoms with E-state index < -0.39 is 0 Å². The Morgan fingerprint density at radius 2 is 2.06 bits per heavy atom. The molecule has 2 aliphatic rings. The molecule has 2 heterocycles. The minimum Gasteiger partial charge on any atom is -0.508 e. The molecule has 0 amide bonds. The number of aromatic hydroxyl groups is 1. The van der Waals surface area contributed by atoms with Gasteiger partial charge in [-0.3, -0.25) is 4.79 Å². The Morgan fingerprint density at radius 3 is 2.81 bits per heavy atom. The summed E-state index contributed by atoms with van der Waals surface area (Å²) < 4.78 is 16.7. The second-order valence-corrected chi connectivity index (χ2v) is 8.02. The molecular weight excluding hydrogens is 406 g/mol. The first kappa shape index (κ1) is 21.7. The summed E-state index contributed by atoms with van der Waals surface area (Å²) in [4.78, 5) is 16.5. The number of hydrogen-bond donors (Lipinski definition) is 1. The van der Waals surface area contributed by atoms with Crippen molar-refractivity contribution in [1.82, 2.24) is 4.98 Å². The highest BCUT2D eigenvalue weighted by atomic mass is 16.5. The number of phenolic OH excluding ortho intramolecular Hbond substituents is 1. The number of pyridine rings is 1. The highest BCUT2D eigenvalue weighted by molar-refractivity contribution is 5.71. The van der Waals surface area contributed by atoms with Gasteiger partial charge in [0, 0.05) is 17.5 Å². The Hall–Kier alpha value is -3.54. The van der Waals surface area contributed by atoms with Crippen molar-refractivity contribution in [3.63, 3.8) is 0 Å². The van der Waals surface area contributed by atoms with Crippen LogP contribution in [0, 0.1) is 19.8 Å². The van der Waals surface area contributed by atoms with E-state index in [-0.39, 0.29) is 17.6 Å². The van der Waals surface area contributed by atoms with Crippen LogP contribution in [0.2, 0.25) is 0 Å². The van der Waals surface area contributed by atoms with Gasteiger partial charge in [0.1, 0.15) is 11.5 Å². The summed E-state index contributed by atoms with van der Waals surface area (Å²) in [5, 5.41) is 9.80. The van der Waals surface area contributed by atoms with Crippen molar-refractivity contribution in [1.29, 1.82) is 0 Å². The highest BCUT2D eigenvalue weighted by Gasteiger charge is 2.31. The topological polar surface area (TPSA) is 77.9 Å². The number of phenols is 1. The van der Waals surface area contributed by atoms with Crippen LogP contribution in [0.3, 0.4) is 0 Å². The highest BCUT2D eigenvalue weighted by Crippen LogP contribution is 2.37. The van der Waals surface area contributed by atoms with E-state index in [1.807, 2.05) is 45.0 Å². The van der Waals surface area contributed by atoms with Crippen molar-refractivity contribution in [3.8, 4) is 22.9 Å². The smallest absolute Gasteiger partial charge is 0.306 e. The predicted molar refractivity (Wildman–Crippen MR) is 121 cm³/mol. The lowest BCUT2D eigenvalue weighted by Crippen LogP contribution is -2.13. The molecule has 0 spiro atoms. The third kappa shape index (κ3) is 4.69. The monoisotopic (exact) mass is 433 g/mol. The number of aromatic nitrogens is 1. The van der Waals surface area contributed by atoms with Crippen molar-refractivity contribution in [2.45, 2.75) is 33.6 Å². The molecule has 0 saturated carbocycles. The van der Waals surface area contributed by atoms with E-state index in [0.717, 1.165) is 39.3 Å².